The van der Waals surface area contributed by atoms with Crippen LogP contribution in [0, 0.1) is 6.92 Å². The summed E-state index contributed by atoms with van der Waals surface area (Å²) in [6.07, 6.45) is -0.473. The molecule has 2 atom stereocenters. The molecule has 0 radical (unpaired) electrons. The highest BCUT2D eigenvalue weighted by Gasteiger charge is 2.32. The van der Waals surface area contributed by atoms with E-state index < -0.39 is 17.5 Å². The van der Waals surface area contributed by atoms with Crippen molar-refractivity contribution < 1.29 is 37.0 Å². The molecule has 0 aliphatic carbocycles. The number of aromatic nitrogens is 3. The van der Waals surface area contributed by atoms with Gasteiger partial charge in [-0.05, 0) is 50.1 Å². The van der Waals surface area contributed by atoms with Crippen molar-refractivity contribution in [2.75, 3.05) is 18.5 Å². The lowest BCUT2D eigenvalue weighted by atomic mass is 10.0. The summed E-state index contributed by atoms with van der Waals surface area (Å²) in [7, 11) is 0. The monoisotopic (exact) mass is 600 g/mol. The predicted molar refractivity (Wildman–Crippen MR) is 148 cm³/mol. The summed E-state index contributed by atoms with van der Waals surface area (Å²) in [5.74, 6) is 0.437. The van der Waals surface area contributed by atoms with E-state index in [0.717, 1.165) is 18.6 Å². The molecule has 42 heavy (non-hydrogen) atoms. The quantitative estimate of drug-likeness (QED) is 0.177. The molecule has 1 aliphatic rings. The molecule has 1 saturated heterocycles. The van der Waals surface area contributed by atoms with Crippen LogP contribution in [0.5, 0.6) is 11.5 Å². The molecule has 3 N–H and O–H groups in total. The second-order valence-electron chi connectivity index (χ2n) is 10.0. The first kappa shape index (κ1) is 28.0. The Hall–Kier alpha value is -4.13. The molecule has 0 spiro atoms. The van der Waals surface area contributed by atoms with Gasteiger partial charge in [-0.3, -0.25) is 4.79 Å². The number of nitrogens with zero attached hydrogens (tertiary/aromatic N) is 2. The van der Waals surface area contributed by atoms with Crippen molar-refractivity contribution in [1.82, 2.24) is 15.0 Å². The van der Waals surface area contributed by atoms with E-state index in [1.807, 2.05) is 0 Å². The van der Waals surface area contributed by atoms with Gasteiger partial charge >= 0.3 is 6.18 Å². The number of carbonyl (C=O) groups excluding carboxylic acids is 1. The van der Waals surface area contributed by atoms with Crippen molar-refractivity contribution >= 4 is 45.2 Å². The van der Waals surface area contributed by atoms with Gasteiger partial charge in [0.25, 0.3) is 0 Å². The van der Waals surface area contributed by atoms with Crippen molar-refractivity contribution in [2.45, 2.75) is 38.1 Å². The third kappa shape index (κ3) is 5.40. The van der Waals surface area contributed by atoms with E-state index in [-0.39, 0.29) is 57.4 Å². The molecule has 5 aromatic rings. The fourth-order valence-electron chi connectivity index (χ4n) is 5.01. The molecule has 1 fully saturated rings. The van der Waals surface area contributed by atoms with Gasteiger partial charge in [-0.15, -0.1) is 0 Å². The van der Waals surface area contributed by atoms with Crippen LogP contribution in [0.15, 0.2) is 53.3 Å². The molecule has 0 bridgehead atoms. The van der Waals surface area contributed by atoms with Gasteiger partial charge in [0.2, 0.25) is 0 Å². The number of alkyl halides is 3. The van der Waals surface area contributed by atoms with Crippen LogP contribution in [0.4, 0.5) is 19.0 Å². The van der Waals surface area contributed by atoms with Crippen molar-refractivity contribution in [1.29, 1.82) is 0 Å². The largest absolute Gasteiger partial charge is 0.457 e. The Morgan fingerprint density at radius 1 is 1.19 bits per heavy atom. The van der Waals surface area contributed by atoms with E-state index in [4.69, 9.17) is 25.5 Å². The number of ether oxygens (including phenoxy) is 2. The van der Waals surface area contributed by atoms with Crippen molar-refractivity contribution in [3.63, 3.8) is 0 Å². The number of anilines is 1. The Bertz CT molecular complexity index is 1790. The summed E-state index contributed by atoms with van der Waals surface area (Å²) in [5, 5.41) is 13.4. The van der Waals surface area contributed by atoms with E-state index in [1.54, 1.807) is 6.92 Å². The minimum absolute atomic E-state index is 0.0350. The molecule has 4 heterocycles. The first-order valence-corrected chi connectivity index (χ1v) is 13.4. The van der Waals surface area contributed by atoms with Gasteiger partial charge in [0.1, 0.15) is 29.3 Å². The smallest absolute Gasteiger partial charge is 0.416 e. The predicted octanol–water partition coefficient (Wildman–Crippen LogP) is 6.66. The number of ketones is 1. The molecule has 218 valence electrons. The van der Waals surface area contributed by atoms with Gasteiger partial charge in [0, 0.05) is 23.2 Å². The number of benzene rings is 2. The summed E-state index contributed by atoms with van der Waals surface area (Å²) in [6, 6.07) is 7.52. The number of aliphatic hydroxyl groups is 1. The number of halogens is 4. The third-order valence-electron chi connectivity index (χ3n) is 7.07. The standard InChI is InChI=1S/C29H24ClF3N4O5/c1-14-6-15-7-16(29(31,32)33)8-23(26(15)41-14)42-18-4-5-20(22(30)9-18)25(39)21-10-34-27-24(21)28(36-13-35-27)37-17-2-3-19(11-38)40-12-17/h4-10,13,17,19,38H,2-3,11-12H2,1H3,(H2,34,35,36,37)/t17-,19+/m1/s1. The lowest BCUT2D eigenvalue weighted by Gasteiger charge is -2.29. The molecule has 9 nitrogen and oxygen atoms in total. The minimum atomic E-state index is -4.59. The SMILES string of the molecule is Cc1cc2cc(C(F)(F)F)cc(Oc3ccc(C(=O)c4c[nH]c5ncnc(N[C@@H]6CC[C@@H](CO)OC6)c45)c(Cl)c3)c2o1. The second kappa shape index (κ2) is 10.9. The number of hydrogen-bond donors (Lipinski definition) is 3. The summed E-state index contributed by atoms with van der Waals surface area (Å²) in [6.45, 7) is 1.95. The Balaban J connectivity index is 1.28. The van der Waals surface area contributed by atoms with E-state index in [9.17, 15) is 23.1 Å². The van der Waals surface area contributed by atoms with E-state index in [2.05, 4.69) is 20.3 Å². The van der Waals surface area contributed by atoms with Gasteiger partial charge in [-0.2, -0.15) is 13.2 Å². The zero-order chi connectivity index (χ0) is 29.6. The highest BCUT2D eigenvalue weighted by Crippen LogP contribution is 2.40. The van der Waals surface area contributed by atoms with Crippen LogP contribution in [0.25, 0.3) is 22.0 Å². The van der Waals surface area contributed by atoms with E-state index in [0.29, 0.717) is 35.6 Å². The Morgan fingerprint density at radius 3 is 2.74 bits per heavy atom. The van der Waals surface area contributed by atoms with Gasteiger partial charge in [0.05, 0.1) is 46.9 Å². The molecule has 13 heteroatoms. The second-order valence-corrected chi connectivity index (χ2v) is 10.4. The lowest BCUT2D eigenvalue weighted by molar-refractivity contribution is -0.137. The number of aromatic amines is 1. The molecule has 0 amide bonds. The average Bonchev–Trinajstić information content (AvgIpc) is 3.56. The molecule has 1 aliphatic heterocycles. The third-order valence-corrected chi connectivity index (χ3v) is 7.39. The zero-order valence-corrected chi connectivity index (χ0v) is 22.8. The molecular weight excluding hydrogens is 577 g/mol. The van der Waals surface area contributed by atoms with Gasteiger partial charge in [0.15, 0.2) is 17.1 Å². The first-order valence-electron chi connectivity index (χ1n) is 13.0. The van der Waals surface area contributed by atoms with Crippen LogP contribution >= 0.6 is 11.6 Å². The van der Waals surface area contributed by atoms with Gasteiger partial charge in [-0.1, -0.05) is 11.6 Å². The normalized spacial score (nSPS) is 17.6. The summed E-state index contributed by atoms with van der Waals surface area (Å²) < 4.78 is 57.5. The molecule has 3 aromatic heterocycles. The summed E-state index contributed by atoms with van der Waals surface area (Å²) in [5.41, 5.74) is 0.140. The molecule has 0 saturated carbocycles. The van der Waals surface area contributed by atoms with Crippen LogP contribution in [0.3, 0.4) is 0 Å². The number of nitrogens with one attached hydrogen (secondary N) is 2. The number of rotatable bonds is 7. The van der Waals surface area contributed by atoms with Crippen LogP contribution in [0.1, 0.15) is 40.1 Å². The van der Waals surface area contributed by atoms with E-state index >= 15 is 0 Å². The Kier molecular flexibility index (Phi) is 7.29. The maximum absolute atomic E-state index is 13.6. The minimum Gasteiger partial charge on any atom is -0.457 e. The highest BCUT2D eigenvalue weighted by molar-refractivity contribution is 6.35. The number of aliphatic hydroxyl groups excluding tert-OH is 1. The fourth-order valence-corrected chi connectivity index (χ4v) is 5.27. The van der Waals surface area contributed by atoms with E-state index in [1.165, 1.54) is 36.8 Å². The fraction of sp³-hybridized carbons (Fsp3) is 0.276. The number of furan rings is 1. The van der Waals surface area contributed by atoms with Crippen molar-refractivity contribution in [2.24, 2.45) is 0 Å². The topological polar surface area (TPSA) is 123 Å². The molecule has 2 aromatic carbocycles. The first-order chi connectivity index (χ1) is 20.1. The number of carbonyl (C=O) groups is 1. The number of H-pyrrole nitrogens is 1. The van der Waals surface area contributed by atoms with Crippen LogP contribution in [-0.2, 0) is 10.9 Å². The molecular formula is C29H24ClF3N4O5. The van der Waals surface area contributed by atoms with Crippen molar-refractivity contribution in [3.05, 3.63) is 76.4 Å². The Labute approximate surface area is 241 Å². The molecule has 6 rings (SSSR count). The zero-order valence-electron chi connectivity index (χ0n) is 22.1. The average molecular weight is 601 g/mol. The number of hydrogen-bond acceptors (Lipinski definition) is 8. The molecule has 0 unspecified atom stereocenters. The van der Waals surface area contributed by atoms with Gasteiger partial charge in [-0.25, -0.2) is 9.97 Å². The lowest BCUT2D eigenvalue weighted by Crippen LogP contribution is -2.36. The van der Waals surface area contributed by atoms with Crippen LogP contribution in [-0.4, -0.2) is 51.2 Å². The number of fused-ring (bicyclic) bond motifs is 2. The number of aryl methyl sites for hydroxylation is 1. The maximum atomic E-state index is 13.6. The highest BCUT2D eigenvalue weighted by atomic mass is 35.5. The van der Waals surface area contributed by atoms with Crippen molar-refractivity contribution in [3.8, 4) is 11.5 Å². The Morgan fingerprint density at radius 2 is 2.02 bits per heavy atom. The van der Waals surface area contributed by atoms with Crippen LogP contribution in [0.2, 0.25) is 5.02 Å². The summed E-state index contributed by atoms with van der Waals surface area (Å²) >= 11 is 6.51. The van der Waals surface area contributed by atoms with Crippen LogP contribution < -0.4 is 10.1 Å². The summed E-state index contributed by atoms with van der Waals surface area (Å²) in [4.78, 5) is 25.2. The van der Waals surface area contributed by atoms with Gasteiger partial charge < -0.3 is 29.3 Å². The maximum Gasteiger partial charge on any atom is 0.416 e.